The molecule has 0 amide bonds. The van der Waals surface area contributed by atoms with Gasteiger partial charge in [0, 0.05) is 25.6 Å². The number of thiazole rings is 1. The minimum Gasteiger partial charge on any atom is -0.481 e. The summed E-state index contributed by atoms with van der Waals surface area (Å²) in [4.78, 5) is 17.1. The molecule has 1 aromatic rings. The summed E-state index contributed by atoms with van der Waals surface area (Å²) in [6.45, 7) is 1.86. The summed E-state index contributed by atoms with van der Waals surface area (Å²) >= 11 is 1.52. The number of anilines is 1. The van der Waals surface area contributed by atoms with Crippen LogP contribution in [0.15, 0.2) is 5.38 Å². The Balaban J connectivity index is 1.94. The quantitative estimate of drug-likeness (QED) is 0.882. The van der Waals surface area contributed by atoms with Crippen LogP contribution in [0, 0.1) is 0 Å². The summed E-state index contributed by atoms with van der Waals surface area (Å²) in [7, 11) is 1.74. The third-order valence-electron chi connectivity index (χ3n) is 2.92. The number of ether oxygens (including phenoxy) is 1. The second kappa shape index (κ2) is 5.46. The lowest BCUT2D eigenvalue weighted by Gasteiger charge is -2.30. The van der Waals surface area contributed by atoms with E-state index >= 15 is 0 Å². The Hall–Kier alpha value is -1.14. The van der Waals surface area contributed by atoms with Gasteiger partial charge in [-0.3, -0.25) is 4.79 Å². The summed E-state index contributed by atoms with van der Waals surface area (Å²) in [6.07, 6.45) is 2.37. The van der Waals surface area contributed by atoms with Gasteiger partial charge in [-0.1, -0.05) is 0 Å². The Labute approximate surface area is 104 Å². The Morgan fingerprint density at radius 1 is 1.65 bits per heavy atom. The van der Waals surface area contributed by atoms with Crippen LogP contribution in [0.5, 0.6) is 0 Å². The van der Waals surface area contributed by atoms with Crippen LogP contribution in [0.1, 0.15) is 18.5 Å². The number of carbonyl (C=O) groups is 1. The molecule has 0 unspecified atom stereocenters. The Bertz CT molecular complexity index is 386. The van der Waals surface area contributed by atoms with Gasteiger partial charge >= 0.3 is 5.97 Å². The fourth-order valence-electron chi connectivity index (χ4n) is 1.96. The summed E-state index contributed by atoms with van der Waals surface area (Å²) in [5.74, 6) is -0.833. The van der Waals surface area contributed by atoms with E-state index in [2.05, 4.69) is 9.88 Å². The number of aliphatic carboxylic acids is 1. The van der Waals surface area contributed by atoms with Crippen molar-refractivity contribution < 1.29 is 14.6 Å². The first-order valence-electron chi connectivity index (χ1n) is 5.63. The van der Waals surface area contributed by atoms with Crippen LogP contribution >= 0.6 is 11.3 Å². The van der Waals surface area contributed by atoms with Gasteiger partial charge in [0.1, 0.15) is 0 Å². The van der Waals surface area contributed by atoms with Gasteiger partial charge in [0.15, 0.2) is 5.13 Å². The van der Waals surface area contributed by atoms with Crippen LogP contribution in [0.4, 0.5) is 5.13 Å². The molecule has 0 bridgehead atoms. The first-order chi connectivity index (χ1) is 8.19. The van der Waals surface area contributed by atoms with E-state index < -0.39 is 5.97 Å². The van der Waals surface area contributed by atoms with Gasteiger partial charge in [0.05, 0.1) is 18.2 Å². The lowest BCUT2D eigenvalue weighted by atomic mass is 10.1. The average molecular weight is 256 g/mol. The highest BCUT2D eigenvalue weighted by molar-refractivity contribution is 7.13. The molecule has 0 aromatic carbocycles. The molecule has 1 fully saturated rings. The van der Waals surface area contributed by atoms with Crippen LogP contribution in [0.2, 0.25) is 0 Å². The number of nitrogens with zero attached hydrogens (tertiary/aromatic N) is 2. The van der Waals surface area contributed by atoms with Gasteiger partial charge in [-0.15, -0.1) is 11.3 Å². The largest absolute Gasteiger partial charge is 0.481 e. The molecule has 0 aliphatic carbocycles. The van der Waals surface area contributed by atoms with Gasteiger partial charge in [-0.2, -0.15) is 0 Å². The van der Waals surface area contributed by atoms with Crippen molar-refractivity contribution in [3.63, 3.8) is 0 Å². The number of carboxylic acids is 1. The van der Waals surface area contributed by atoms with E-state index in [1.165, 1.54) is 11.3 Å². The molecule has 1 aliphatic rings. The van der Waals surface area contributed by atoms with Crippen molar-refractivity contribution in [3.05, 3.63) is 11.1 Å². The summed E-state index contributed by atoms with van der Waals surface area (Å²) in [6, 6.07) is 0. The molecular weight excluding hydrogens is 240 g/mol. The number of hydrogen-bond acceptors (Lipinski definition) is 5. The van der Waals surface area contributed by atoms with Gasteiger partial charge in [0.2, 0.25) is 0 Å². The van der Waals surface area contributed by atoms with Crippen molar-refractivity contribution in [3.8, 4) is 0 Å². The van der Waals surface area contributed by atoms with E-state index in [-0.39, 0.29) is 6.42 Å². The van der Waals surface area contributed by atoms with Crippen molar-refractivity contribution >= 4 is 22.4 Å². The molecule has 1 aliphatic heterocycles. The minimum atomic E-state index is -0.833. The number of hydrogen-bond donors (Lipinski definition) is 1. The highest BCUT2D eigenvalue weighted by Gasteiger charge is 2.21. The third kappa shape index (κ3) is 3.17. The van der Waals surface area contributed by atoms with E-state index in [0.29, 0.717) is 11.8 Å². The molecule has 0 saturated carbocycles. The molecular formula is C11H16N2O3S. The lowest BCUT2D eigenvalue weighted by Crippen LogP contribution is -2.36. The summed E-state index contributed by atoms with van der Waals surface area (Å²) < 4.78 is 5.31. The minimum absolute atomic E-state index is 0.00500. The van der Waals surface area contributed by atoms with Crippen molar-refractivity contribution in [2.75, 3.05) is 25.1 Å². The van der Waals surface area contributed by atoms with Crippen molar-refractivity contribution in [2.24, 2.45) is 0 Å². The SMILES string of the molecule is COC1CCN(c2nc(CC(=O)O)cs2)CC1. The fraction of sp³-hybridized carbons (Fsp3) is 0.636. The lowest BCUT2D eigenvalue weighted by molar-refractivity contribution is -0.136. The molecule has 0 radical (unpaired) electrons. The van der Waals surface area contributed by atoms with Gasteiger partial charge in [-0.05, 0) is 12.8 Å². The van der Waals surface area contributed by atoms with E-state index in [1.54, 1.807) is 7.11 Å². The average Bonchev–Trinajstić information content (AvgIpc) is 2.77. The normalized spacial score (nSPS) is 17.4. The topological polar surface area (TPSA) is 62.7 Å². The zero-order chi connectivity index (χ0) is 12.3. The second-order valence-corrected chi connectivity index (χ2v) is 4.95. The number of methoxy groups -OCH3 is 1. The fourth-order valence-corrected chi connectivity index (χ4v) is 2.84. The molecule has 0 atom stereocenters. The van der Waals surface area contributed by atoms with Gasteiger partial charge < -0.3 is 14.7 Å². The second-order valence-electron chi connectivity index (χ2n) is 4.11. The maximum absolute atomic E-state index is 10.6. The smallest absolute Gasteiger partial charge is 0.309 e. The monoisotopic (exact) mass is 256 g/mol. The Morgan fingerprint density at radius 2 is 2.35 bits per heavy atom. The van der Waals surface area contributed by atoms with E-state index in [9.17, 15) is 4.79 Å². The number of carboxylic acid groups (broad SMARTS) is 1. The van der Waals surface area contributed by atoms with Gasteiger partial charge in [-0.25, -0.2) is 4.98 Å². The molecule has 5 nitrogen and oxygen atoms in total. The summed E-state index contributed by atoms with van der Waals surface area (Å²) in [5, 5.41) is 11.4. The van der Waals surface area contributed by atoms with Crippen molar-refractivity contribution in [1.29, 1.82) is 0 Å². The zero-order valence-electron chi connectivity index (χ0n) is 9.76. The molecule has 17 heavy (non-hydrogen) atoms. The molecule has 0 spiro atoms. The summed E-state index contributed by atoms with van der Waals surface area (Å²) in [5.41, 5.74) is 0.645. The van der Waals surface area contributed by atoms with E-state index in [0.717, 1.165) is 31.1 Å². The number of aromatic nitrogens is 1. The van der Waals surface area contributed by atoms with E-state index in [4.69, 9.17) is 9.84 Å². The highest BCUT2D eigenvalue weighted by Crippen LogP contribution is 2.25. The van der Waals surface area contributed by atoms with Crippen LogP contribution < -0.4 is 4.90 Å². The number of rotatable bonds is 4. The first kappa shape index (κ1) is 12.3. The van der Waals surface area contributed by atoms with Crippen molar-refractivity contribution in [1.82, 2.24) is 4.98 Å². The maximum atomic E-state index is 10.6. The first-order valence-corrected chi connectivity index (χ1v) is 6.51. The molecule has 1 N–H and O–H groups in total. The Morgan fingerprint density at radius 3 is 2.94 bits per heavy atom. The van der Waals surface area contributed by atoms with Crippen LogP contribution in [-0.4, -0.2) is 42.4 Å². The highest BCUT2D eigenvalue weighted by atomic mass is 32.1. The zero-order valence-corrected chi connectivity index (χ0v) is 10.6. The molecule has 2 heterocycles. The van der Waals surface area contributed by atoms with E-state index in [1.807, 2.05) is 5.38 Å². The third-order valence-corrected chi connectivity index (χ3v) is 3.87. The molecule has 1 saturated heterocycles. The van der Waals surface area contributed by atoms with Gasteiger partial charge in [0.25, 0.3) is 0 Å². The van der Waals surface area contributed by atoms with Crippen molar-refractivity contribution in [2.45, 2.75) is 25.4 Å². The van der Waals surface area contributed by atoms with Crippen LogP contribution in [0.3, 0.4) is 0 Å². The predicted octanol–water partition coefficient (Wildman–Crippen LogP) is 1.39. The molecule has 1 aromatic heterocycles. The molecule has 2 rings (SSSR count). The maximum Gasteiger partial charge on any atom is 0.309 e. The Kier molecular flexibility index (Phi) is 3.96. The standard InChI is InChI=1S/C11H16N2O3S/c1-16-9-2-4-13(5-3-9)11-12-8(7-17-11)6-10(14)15/h7,9H,2-6H2,1H3,(H,14,15). The number of piperidine rings is 1. The van der Waals surface area contributed by atoms with Crippen LogP contribution in [-0.2, 0) is 16.0 Å². The van der Waals surface area contributed by atoms with Crippen LogP contribution in [0.25, 0.3) is 0 Å². The molecule has 6 heteroatoms. The predicted molar refractivity (Wildman–Crippen MR) is 65.7 cm³/mol. The molecule has 94 valence electrons.